The number of piperidine rings is 2. The van der Waals surface area contributed by atoms with E-state index >= 15 is 0 Å². The third-order valence-electron chi connectivity index (χ3n) is 7.58. The third kappa shape index (κ3) is 3.71. The number of hydrogen-bond acceptors (Lipinski definition) is 4. The van der Waals surface area contributed by atoms with Gasteiger partial charge >= 0.3 is 0 Å². The van der Waals surface area contributed by atoms with E-state index in [2.05, 4.69) is 56.5 Å². The molecule has 2 fully saturated rings. The first kappa shape index (κ1) is 19.9. The van der Waals surface area contributed by atoms with Crippen molar-refractivity contribution in [2.24, 2.45) is 0 Å². The van der Waals surface area contributed by atoms with Gasteiger partial charge in [-0.15, -0.1) is 0 Å². The second kappa shape index (κ2) is 8.34. The number of rotatable bonds is 4. The molecule has 6 rings (SSSR count). The Balaban J connectivity index is 1.09. The minimum Gasteiger partial charge on any atom is -0.346 e. The standard InChI is InChI=1S/C26H31N5O/c32-26-24-6-4-20(14-21(24)16-31(26)23-2-1-10-27-15-23)18-8-12-30(13-9-18)17-22-5-3-19-7-11-28-25(19)29-22/h3-7,11,14,18,23,27H,1-2,8-10,12-13,15-17H2,(H,28,29). The number of carbonyl (C=O) groups is 1. The van der Waals surface area contributed by atoms with E-state index in [-0.39, 0.29) is 5.91 Å². The van der Waals surface area contributed by atoms with Gasteiger partial charge in [0.15, 0.2) is 0 Å². The van der Waals surface area contributed by atoms with Crippen LogP contribution in [0.4, 0.5) is 0 Å². The second-order valence-electron chi connectivity index (χ2n) is 9.62. The van der Waals surface area contributed by atoms with Crippen LogP contribution in [0.3, 0.4) is 0 Å². The highest BCUT2D eigenvalue weighted by Gasteiger charge is 2.34. The van der Waals surface area contributed by atoms with Crippen LogP contribution >= 0.6 is 0 Å². The molecule has 5 heterocycles. The minimum absolute atomic E-state index is 0.224. The largest absolute Gasteiger partial charge is 0.346 e. The number of pyridine rings is 1. The van der Waals surface area contributed by atoms with E-state index in [4.69, 9.17) is 4.98 Å². The Labute approximate surface area is 189 Å². The van der Waals surface area contributed by atoms with Crippen molar-refractivity contribution in [3.8, 4) is 0 Å². The number of H-pyrrole nitrogens is 1. The van der Waals surface area contributed by atoms with Crippen molar-refractivity contribution in [2.45, 2.75) is 50.7 Å². The van der Waals surface area contributed by atoms with E-state index in [1.54, 1.807) is 0 Å². The molecule has 1 aromatic carbocycles. The van der Waals surface area contributed by atoms with Gasteiger partial charge in [0.1, 0.15) is 5.65 Å². The van der Waals surface area contributed by atoms with Crippen LogP contribution in [0.25, 0.3) is 11.0 Å². The summed E-state index contributed by atoms with van der Waals surface area (Å²) in [5.74, 6) is 0.803. The van der Waals surface area contributed by atoms with Crippen molar-refractivity contribution in [3.05, 3.63) is 65.0 Å². The predicted octanol–water partition coefficient (Wildman–Crippen LogP) is 3.65. The van der Waals surface area contributed by atoms with Gasteiger partial charge in [-0.3, -0.25) is 9.69 Å². The molecule has 0 saturated carbocycles. The number of amides is 1. The number of carbonyl (C=O) groups excluding carboxylic acids is 1. The molecule has 1 atom stereocenters. The van der Waals surface area contributed by atoms with Crippen molar-refractivity contribution >= 4 is 16.9 Å². The first-order chi connectivity index (χ1) is 15.7. The van der Waals surface area contributed by atoms with Gasteiger partial charge < -0.3 is 15.2 Å². The summed E-state index contributed by atoms with van der Waals surface area (Å²) in [4.78, 5) is 25.5. The zero-order chi connectivity index (χ0) is 21.5. The number of nitrogens with zero attached hydrogens (tertiary/aromatic N) is 3. The van der Waals surface area contributed by atoms with Crippen molar-refractivity contribution in [3.63, 3.8) is 0 Å². The Morgan fingerprint density at radius 3 is 2.81 bits per heavy atom. The van der Waals surface area contributed by atoms with Crippen molar-refractivity contribution in [1.29, 1.82) is 0 Å². The van der Waals surface area contributed by atoms with E-state index < -0.39 is 0 Å². The molecule has 166 valence electrons. The van der Waals surface area contributed by atoms with Gasteiger partial charge in [-0.2, -0.15) is 0 Å². The molecular formula is C26H31N5O. The Kier molecular flexibility index (Phi) is 5.20. The molecular weight excluding hydrogens is 398 g/mol. The molecule has 3 aliphatic rings. The van der Waals surface area contributed by atoms with E-state index in [9.17, 15) is 4.79 Å². The first-order valence-electron chi connectivity index (χ1n) is 12.0. The molecule has 0 spiro atoms. The molecule has 0 aliphatic carbocycles. The fourth-order valence-corrected chi connectivity index (χ4v) is 5.72. The third-order valence-corrected chi connectivity index (χ3v) is 7.58. The summed E-state index contributed by atoms with van der Waals surface area (Å²) in [6.45, 7) is 5.86. The maximum atomic E-state index is 12.9. The van der Waals surface area contributed by atoms with Gasteiger partial charge in [-0.25, -0.2) is 4.98 Å². The summed E-state index contributed by atoms with van der Waals surface area (Å²) < 4.78 is 0. The molecule has 32 heavy (non-hydrogen) atoms. The lowest BCUT2D eigenvalue weighted by molar-refractivity contribution is 0.0674. The number of benzene rings is 1. The highest BCUT2D eigenvalue weighted by molar-refractivity contribution is 5.98. The number of hydrogen-bond donors (Lipinski definition) is 2. The maximum Gasteiger partial charge on any atom is 0.254 e. The van der Waals surface area contributed by atoms with Gasteiger partial charge in [-0.1, -0.05) is 12.1 Å². The Morgan fingerprint density at radius 2 is 1.97 bits per heavy atom. The van der Waals surface area contributed by atoms with Gasteiger partial charge in [0.25, 0.3) is 5.91 Å². The zero-order valence-corrected chi connectivity index (χ0v) is 18.5. The number of fused-ring (bicyclic) bond motifs is 2. The Morgan fingerprint density at radius 1 is 1.06 bits per heavy atom. The molecule has 3 aliphatic heterocycles. The van der Waals surface area contributed by atoms with Crippen LogP contribution in [0.15, 0.2) is 42.6 Å². The van der Waals surface area contributed by atoms with Crippen molar-refractivity contribution < 1.29 is 4.79 Å². The highest BCUT2D eigenvalue weighted by atomic mass is 16.2. The van der Waals surface area contributed by atoms with Crippen molar-refractivity contribution in [1.82, 2.24) is 25.1 Å². The van der Waals surface area contributed by atoms with Crippen LogP contribution < -0.4 is 5.32 Å². The predicted molar refractivity (Wildman–Crippen MR) is 126 cm³/mol. The van der Waals surface area contributed by atoms with Crippen LogP contribution in [0.5, 0.6) is 0 Å². The number of nitrogens with one attached hydrogen (secondary N) is 2. The van der Waals surface area contributed by atoms with Crippen LogP contribution in [0.1, 0.15) is 58.8 Å². The summed E-state index contributed by atoms with van der Waals surface area (Å²) in [5.41, 5.74) is 5.66. The van der Waals surface area contributed by atoms with E-state index in [0.717, 1.165) is 81.9 Å². The number of aromatic nitrogens is 2. The fraction of sp³-hybridized carbons (Fsp3) is 0.462. The summed E-state index contributed by atoms with van der Waals surface area (Å²) in [6.07, 6.45) is 6.54. The summed E-state index contributed by atoms with van der Waals surface area (Å²) in [5, 5.41) is 4.61. The summed E-state index contributed by atoms with van der Waals surface area (Å²) in [6, 6.07) is 13.3. The highest BCUT2D eigenvalue weighted by Crippen LogP contribution is 2.33. The SMILES string of the molecule is O=C1c2ccc(C3CCN(Cc4ccc5cc[nH]c5n4)CC3)cc2CN1C1CCCNC1. The normalized spacial score (nSPS) is 22.6. The molecule has 6 heteroatoms. The quantitative estimate of drug-likeness (QED) is 0.665. The molecule has 1 unspecified atom stereocenters. The number of likely N-dealkylation sites (tertiary alicyclic amines) is 1. The lowest BCUT2D eigenvalue weighted by Gasteiger charge is -2.32. The Hall–Kier alpha value is -2.70. The monoisotopic (exact) mass is 429 g/mol. The van der Waals surface area contributed by atoms with Gasteiger partial charge in [0, 0.05) is 42.8 Å². The van der Waals surface area contributed by atoms with Crippen molar-refractivity contribution in [2.75, 3.05) is 26.2 Å². The van der Waals surface area contributed by atoms with Crippen LogP contribution in [-0.2, 0) is 13.1 Å². The average Bonchev–Trinajstić information content (AvgIpc) is 3.44. The zero-order valence-electron chi connectivity index (χ0n) is 18.5. The topological polar surface area (TPSA) is 64.3 Å². The molecule has 2 aromatic heterocycles. The molecule has 6 nitrogen and oxygen atoms in total. The summed E-state index contributed by atoms with van der Waals surface area (Å²) in [7, 11) is 0. The van der Waals surface area contributed by atoms with Crippen LogP contribution in [0, 0.1) is 0 Å². The van der Waals surface area contributed by atoms with Gasteiger partial charge in [0.2, 0.25) is 0 Å². The van der Waals surface area contributed by atoms with E-state index in [1.165, 1.54) is 16.5 Å². The van der Waals surface area contributed by atoms with Crippen LogP contribution in [0.2, 0.25) is 0 Å². The molecule has 2 N–H and O–H groups in total. The van der Waals surface area contributed by atoms with Crippen LogP contribution in [-0.4, -0.2) is 57.9 Å². The second-order valence-corrected chi connectivity index (χ2v) is 9.62. The van der Waals surface area contributed by atoms with Gasteiger partial charge in [0.05, 0.1) is 5.69 Å². The van der Waals surface area contributed by atoms with E-state index in [0.29, 0.717) is 12.0 Å². The molecule has 3 aromatic rings. The molecule has 0 bridgehead atoms. The fourth-order valence-electron chi connectivity index (χ4n) is 5.72. The maximum absolute atomic E-state index is 12.9. The Bertz CT molecular complexity index is 1120. The number of aromatic amines is 1. The lowest BCUT2D eigenvalue weighted by Crippen LogP contribution is -2.46. The summed E-state index contributed by atoms with van der Waals surface area (Å²) >= 11 is 0. The van der Waals surface area contributed by atoms with E-state index in [1.807, 2.05) is 6.20 Å². The average molecular weight is 430 g/mol. The van der Waals surface area contributed by atoms with Gasteiger partial charge in [-0.05, 0) is 86.6 Å². The lowest BCUT2D eigenvalue weighted by atomic mass is 9.88. The smallest absolute Gasteiger partial charge is 0.254 e. The minimum atomic E-state index is 0.224. The first-order valence-corrected chi connectivity index (χ1v) is 12.0. The molecule has 2 saturated heterocycles. The molecule has 0 radical (unpaired) electrons. The molecule has 1 amide bonds.